The molecule has 0 saturated carbocycles. The van der Waals surface area contributed by atoms with Gasteiger partial charge in [-0.05, 0) is 25.0 Å². The maximum absolute atomic E-state index is 11.8. The number of benzene rings is 1. The van der Waals surface area contributed by atoms with Gasteiger partial charge in [-0.3, -0.25) is 0 Å². The number of carbonyl (C=O) groups excluding carboxylic acids is 1. The summed E-state index contributed by atoms with van der Waals surface area (Å²) in [6, 6.07) is 2.92. The van der Waals surface area contributed by atoms with Crippen LogP contribution in [0.15, 0.2) is 24.3 Å². The molecule has 0 saturated heterocycles. The lowest BCUT2D eigenvalue weighted by Gasteiger charge is -2.07. The number of rotatable bonds is 5. The minimum absolute atomic E-state index is 0.155. The van der Waals surface area contributed by atoms with E-state index in [4.69, 9.17) is 39.5 Å². The van der Waals surface area contributed by atoms with Crippen molar-refractivity contribution < 1.29 is 9.53 Å². The molecule has 0 aliphatic rings. The van der Waals surface area contributed by atoms with Crippen molar-refractivity contribution in [3.63, 3.8) is 0 Å². The Morgan fingerprint density at radius 2 is 1.83 bits per heavy atom. The van der Waals surface area contributed by atoms with Crippen LogP contribution in [0.5, 0.6) is 0 Å². The first-order chi connectivity index (χ1) is 8.56. The van der Waals surface area contributed by atoms with E-state index in [0.717, 1.165) is 6.42 Å². The average molecular weight is 308 g/mol. The Kier molecular flexibility index (Phi) is 6.55. The Bertz CT molecular complexity index is 433. The Balaban J connectivity index is 2.65. The first kappa shape index (κ1) is 15.4. The lowest BCUT2D eigenvalue weighted by atomic mass is 10.2. The standard InChI is InChI=1S/C13H13Cl3O2/c1-2-3-4-5-6-18-13(17)12-10(15)7-9(14)8-11(12)16/h3-4,7-8H,2,5-6H2,1H3/b4-3+. The first-order valence-corrected chi connectivity index (χ1v) is 6.66. The molecule has 0 unspecified atom stereocenters. The highest BCUT2D eigenvalue weighted by Crippen LogP contribution is 2.29. The molecule has 98 valence electrons. The number of hydrogen-bond acceptors (Lipinski definition) is 2. The minimum Gasteiger partial charge on any atom is -0.462 e. The molecule has 0 spiro atoms. The number of hydrogen-bond donors (Lipinski definition) is 0. The highest BCUT2D eigenvalue weighted by atomic mass is 35.5. The summed E-state index contributed by atoms with van der Waals surface area (Å²) < 4.78 is 5.07. The van der Waals surface area contributed by atoms with Crippen molar-refractivity contribution in [2.45, 2.75) is 19.8 Å². The number of esters is 1. The molecular weight excluding hydrogens is 294 g/mol. The smallest absolute Gasteiger partial charge is 0.341 e. The molecule has 0 bridgehead atoms. The molecule has 0 N–H and O–H groups in total. The van der Waals surface area contributed by atoms with Gasteiger partial charge in [0, 0.05) is 5.02 Å². The van der Waals surface area contributed by atoms with Gasteiger partial charge in [0.1, 0.15) is 0 Å². The average Bonchev–Trinajstić information content (AvgIpc) is 2.27. The van der Waals surface area contributed by atoms with Gasteiger partial charge in [0.05, 0.1) is 22.2 Å². The highest BCUT2D eigenvalue weighted by molar-refractivity contribution is 6.41. The fourth-order valence-corrected chi connectivity index (χ4v) is 2.28. The van der Waals surface area contributed by atoms with Gasteiger partial charge in [0.2, 0.25) is 0 Å². The summed E-state index contributed by atoms with van der Waals surface area (Å²) in [5, 5.41) is 0.774. The Labute approximate surface area is 121 Å². The number of halogens is 3. The molecule has 0 aliphatic heterocycles. The summed E-state index contributed by atoms with van der Waals surface area (Å²) in [5.74, 6) is -0.536. The number of carbonyl (C=O) groups is 1. The van der Waals surface area contributed by atoms with Crippen LogP contribution in [0.25, 0.3) is 0 Å². The quantitative estimate of drug-likeness (QED) is 0.426. The summed E-state index contributed by atoms with van der Waals surface area (Å²) >= 11 is 17.6. The Morgan fingerprint density at radius 3 is 2.39 bits per heavy atom. The van der Waals surface area contributed by atoms with Crippen molar-refractivity contribution in [2.75, 3.05) is 6.61 Å². The fraction of sp³-hybridized carbons (Fsp3) is 0.308. The zero-order valence-corrected chi connectivity index (χ0v) is 12.1. The Hall–Kier alpha value is -0.700. The zero-order chi connectivity index (χ0) is 13.5. The third kappa shape index (κ3) is 4.52. The van der Waals surface area contributed by atoms with E-state index < -0.39 is 5.97 Å². The van der Waals surface area contributed by atoms with E-state index in [1.807, 2.05) is 19.1 Å². The number of ether oxygens (including phenoxy) is 1. The summed E-state index contributed by atoms with van der Waals surface area (Å²) in [6.07, 6.45) is 5.60. The van der Waals surface area contributed by atoms with Gasteiger partial charge < -0.3 is 4.74 Å². The van der Waals surface area contributed by atoms with Crippen LogP contribution in [0.1, 0.15) is 30.1 Å². The topological polar surface area (TPSA) is 26.3 Å². The molecule has 0 aromatic heterocycles. The Morgan fingerprint density at radius 1 is 1.22 bits per heavy atom. The lowest BCUT2D eigenvalue weighted by Crippen LogP contribution is -2.07. The van der Waals surface area contributed by atoms with Crippen LogP contribution in [-0.2, 0) is 4.74 Å². The van der Waals surface area contributed by atoms with Crippen LogP contribution < -0.4 is 0 Å². The molecule has 2 nitrogen and oxygen atoms in total. The molecule has 0 amide bonds. The van der Waals surface area contributed by atoms with Crippen LogP contribution in [-0.4, -0.2) is 12.6 Å². The van der Waals surface area contributed by atoms with Crippen molar-refractivity contribution in [3.8, 4) is 0 Å². The van der Waals surface area contributed by atoms with Gasteiger partial charge in [-0.1, -0.05) is 53.9 Å². The van der Waals surface area contributed by atoms with Crippen LogP contribution in [0.3, 0.4) is 0 Å². The van der Waals surface area contributed by atoms with Crippen LogP contribution in [0.2, 0.25) is 15.1 Å². The van der Waals surface area contributed by atoms with Gasteiger partial charge >= 0.3 is 5.97 Å². The molecule has 1 aromatic rings. The van der Waals surface area contributed by atoms with Crippen molar-refractivity contribution in [2.24, 2.45) is 0 Å². The largest absolute Gasteiger partial charge is 0.462 e. The highest BCUT2D eigenvalue weighted by Gasteiger charge is 2.16. The molecule has 18 heavy (non-hydrogen) atoms. The van der Waals surface area contributed by atoms with Crippen molar-refractivity contribution in [1.82, 2.24) is 0 Å². The van der Waals surface area contributed by atoms with Crippen molar-refractivity contribution in [1.29, 1.82) is 0 Å². The van der Waals surface area contributed by atoms with E-state index in [9.17, 15) is 4.79 Å². The van der Waals surface area contributed by atoms with E-state index in [2.05, 4.69) is 0 Å². The normalized spacial score (nSPS) is 10.9. The maximum Gasteiger partial charge on any atom is 0.341 e. The van der Waals surface area contributed by atoms with Gasteiger partial charge in [0.15, 0.2) is 0 Å². The predicted molar refractivity (Wildman–Crippen MR) is 75.8 cm³/mol. The van der Waals surface area contributed by atoms with Gasteiger partial charge in [-0.25, -0.2) is 4.79 Å². The van der Waals surface area contributed by atoms with E-state index in [-0.39, 0.29) is 15.6 Å². The molecule has 5 heteroatoms. The molecule has 0 heterocycles. The van der Waals surface area contributed by atoms with Gasteiger partial charge in [-0.15, -0.1) is 0 Å². The third-order valence-electron chi connectivity index (χ3n) is 2.13. The second-order valence-electron chi connectivity index (χ2n) is 3.55. The van der Waals surface area contributed by atoms with E-state index >= 15 is 0 Å². The van der Waals surface area contributed by atoms with E-state index in [0.29, 0.717) is 18.1 Å². The molecule has 1 rings (SSSR count). The molecule has 0 fully saturated rings. The summed E-state index contributed by atoms with van der Waals surface area (Å²) in [7, 11) is 0. The summed E-state index contributed by atoms with van der Waals surface area (Å²) in [4.78, 5) is 11.8. The summed E-state index contributed by atoms with van der Waals surface area (Å²) in [6.45, 7) is 2.33. The second kappa shape index (κ2) is 7.67. The lowest BCUT2D eigenvalue weighted by molar-refractivity contribution is 0.0512. The monoisotopic (exact) mass is 306 g/mol. The van der Waals surface area contributed by atoms with Crippen molar-refractivity contribution >= 4 is 40.8 Å². The van der Waals surface area contributed by atoms with Gasteiger partial charge in [-0.2, -0.15) is 0 Å². The van der Waals surface area contributed by atoms with Crippen molar-refractivity contribution in [3.05, 3.63) is 44.9 Å². The van der Waals surface area contributed by atoms with E-state index in [1.54, 1.807) is 0 Å². The molecule has 0 atom stereocenters. The molecule has 0 aliphatic carbocycles. The van der Waals surface area contributed by atoms with Gasteiger partial charge in [0.25, 0.3) is 0 Å². The second-order valence-corrected chi connectivity index (χ2v) is 4.80. The van der Waals surface area contributed by atoms with E-state index in [1.165, 1.54) is 12.1 Å². The zero-order valence-electron chi connectivity index (χ0n) is 9.88. The molecule has 1 aromatic carbocycles. The van der Waals surface area contributed by atoms with Crippen LogP contribution >= 0.6 is 34.8 Å². The minimum atomic E-state index is -0.536. The summed E-state index contributed by atoms with van der Waals surface area (Å²) in [5.41, 5.74) is 0.155. The van der Waals surface area contributed by atoms with Crippen LogP contribution in [0, 0.1) is 0 Å². The third-order valence-corrected chi connectivity index (χ3v) is 2.95. The number of allylic oxidation sites excluding steroid dienone is 1. The fourth-order valence-electron chi connectivity index (χ4n) is 1.31. The maximum atomic E-state index is 11.8. The molecular formula is C13H13Cl3O2. The van der Waals surface area contributed by atoms with Crippen LogP contribution in [0.4, 0.5) is 0 Å². The predicted octanol–water partition coefficient (Wildman–Crippen LogP) is 5.16. The molecule has 0 radical (unpaired) electrons. The first-order valence-electron chi connectivity index (χ1n) is 5.53. The SMILES string of the molecule is CC/C=C/CCOC(=O)c1c(Cl)cc(Cl)cc1Cl.